The molecule has 0 aliphatic heterocycles. The second-order valence-electron chi connectivity index (χ2n) is 5.81. The standard InChI is InChI=1S/C20H15FN4O3/c1-28-19(26)12-25-11-14(15-4-2-3-5-18(15)25)10-23-24-20(27)16-7-6-13(9-22)8-17(16)21/h2-8,10-11H,12H2,1H3,(H,24,27)/b23-10-. The molecule has 0 fully saturated rings. The number of hydrogen-bond acceptors (Lipinski definition) is 5. The van der Waals surface area contributed by atoms with Crippen molar-refractivity contribution in [3.8, 4) is 6.07 Å². The van der Waals surface area contributed by atoms with E-state index in [1.54, 1.807) is 16.8 Å². The number of fused-ring (bicyclic) bond motifs is 1. The molecule has 3 rings (SSSR count). The number of hydrogen-bond donors (Lipinski definition) is 1. The second-order valence-corrected chi connectivity index (χ2v) is 5.81. The molecule has 2 aromatic carbocycles. The quantitative estimate of drug-likeness (QED) is 0.419. The number of halogens is 1. The van der Waals surface area contributed by atoms with Crippen molar-refractivity contribution in [2.45, 2.75) is 6.54 Å². The lowest BCUT2D eigenvalue weighted by atomic mass is 10.1. The third-order valence-electron chi connectivity index (χ3n) is 4.06. The summed E-state index contributed by atoms with van der Waals surface area (Å²) in [6.45, 7) is 0.0354. The van der Waals surface area contributed by atoms with Gasteiger partial charge in [-0.05, 0) is 24.3 Å². The number of nitriles is 1. The van der Waals surface area contributed by atoms with Gasteiger partial charge in [-0.1, -0.05) is 18.2 Å². The number of nitrogens with one attached hydrogen (secondary N) is 1. The van der Waals surface area contributed by atoms with Crippen molar-refractivity contribution < 1.29 is 18.7 Å². The van der Waals surface area contributed by atoms with E-state index >= 15 is 0 Å². The first-order valence-electron chi connectivity index (χ1n) is 8.21. The summed E-state index contributed by atoms with van der Waals surface area (Å²) in [7, 11) is 1.31. The van der Waals surface area contributed by atoms with E-state index in [1.165, 1.54) is 25.5 Å². The molecule has 140 valence electrons. The molecule has 0 saturated carbocycles. The molecule has 1 aromatic heterocycles. The Morgan fingerprint density at radius 2 is 2.11 bits per heavy atom. The lowest BCUT2D eigenvalue weighted by Gasteiger charge is -2.02. The van der Waals surface area contributed by atoms with Crippen LogP contribution < -0.4 is 5.43 Å². The number of nitrogens with zero attached hydrogens (tertiary/aromatic N) is 3. The minimum atomic E-state index is -0.804. The van der Waals surface area contributed by atoms with E-state index in [0.29, 0.717) is 5.56 Å². The highest BCUT2D eigenvalue weighted by Crippen LogP contribution is 2.20. The number of hydrazone groups is 1. The van der Waals surface area contributed by atoms with Crippen LogP contribution in [0.15, 0.2) is 53.8 Å². The van der Waals surface area contributed by atoms with Crippen molar-refractivity contribution in [2.24, 2.45) is 5.10 Å². The number of methoxy groups -OCH3 is 1. The lowest BCUT2D eigenvalue weighted by molar-refractivity contribution is -0.141. The number of esters is 1. The van der Waals surface area contributed by atoms with Crippen molar-refractivity contribution in [1.82, 2.24) is 9.99 Å². The summed E-state index contributed by atoms with van der Waals surface area (Å²) in [6, 6.07) is 12.7. The highest BCUT2D eigenvalue weighted by atomic mass is 19.1. The number of ether oxygens (including phenoxy) is 1. The molecule has 1 N–H and O–H groups in total. The maximum atomic E-state index is 13.9. The molecule has 0 saturated heterocycles. The predicted octanol–water partition coefficient (Wildman–Crippen LogP) is 2.59. The van der Waals surface area contributed by atoms with Gasteiger partial charge in [0, 0.05) is 22.7 Å². The summed E-state index contributed by atoms with van der Waals surface area (Å²) < 4.78 is 20.3. The fraction of sp³-hybridized carbons (Fsp3) is 0.100. The third kappa shape index (κ3) is 3.88. The van der Waals surface area contributed by atoms with Gasteiger partial charge in [0.2, 0.25) is 0 Å². The fourth-order valence-electron chi connectivity index (χ4n) is 2.70. The SMILES string of the molecule is COC(=O)Cn1cc(/C=N\NC(=O)c2ccc(C#N)cc2F)c2ccccc21. The van der Waals surface area contributed by atoms with Gasteiger partial charge in [-0.15, -0.1) is 0 Å². The van der Waals surface area contributed by atoms with Crippen molar-refractivity contribution in [1.29, 1.82) is 5.26 Å². The van der Waals surface area contributed by atoms with Gasteiger partial charge in [0.05, 0.1) is 30.5 Å². The van der Waals surface area contributed by atoms with E-state index in [1.807, 2.05) is 24.3 Å². The average molecular weight is 378 g/mol. The molecular formula is C20H15FN4O3. The Morgan fingerprint density at radius 1 is 1.32 bits per heavy atom. The fourth-order valence-corrected chi connectivity index (χ4v) is 2.70. The van der Waals surface area contributed by atoms with E-state index < -0.39 is 17.7 Å². The van der Waals surface area contributed by atoms with E-state index in [9.17, 15) is 14.0 Å². The van der Waals surface area contributed by atoms with Crippen molar-refractivity contribution >= 4 is 29.0 Å². The van der Waals surface area contributed by atoms with Crippen LogP contribution in [0.1, 0.15) is 21.5 Å². The van der Waals surface area contributed by atoms with Gasteiger partial charge in [-0.2, -0.15) is 10.4 Å². The third-order valence-corrected chi connectivity index (χ3v) is 4.06. The monoisotopic (exact) mass is 378 g/mol. The summed E-state index contributed by atoms with van der Waals surface area (Å²) in [5.74, 6) is -1.94. The van der Waals surface area contributed by atoms with Crippen molar-refractivity contribution in [3.63, 3.8) is 0 Å². The van der Waals surface area contributed by atoms with Gasteiger partial charge in [-0.25, -0.2) is 9.82 Å². The van der Waals surface area contributed by atoms with Gasteiger partial charge in [-0.3, -0.25) is 9.59 Å². The van der Waals surface area contributed by atoms with Crippen LogP contribution in [-0.4, -0.2) is 29.8 Å². The smallest absolute Gasteiger partial charge is 0.325 e. The van der Waals surface area contributed by atoms with Crippen molar-refractivity contribution in [3.05, 3.63) is 71.2 Å². The molecular weight excluding hydrogens is 363 g/mol. The van der Waals surface area contributed by atoms with Crippen LogP contribution in [0, 0.1) is 17.1 Å². The number of aromatic nitrogens is 1. The zero-order valence-corrected chi connectivity index (χ0v) is 14.8. The Balaban J connectivity index is 1.81. The van der Waals surface area contributed by atoms with Crippen molar-refractivity contribution in [2.75, 3.05) is 7.11 Å². The number of benzene rings is 2. The molecule has 28 heavy (non-hydrogen) atoms. The zero-order chi connectivity index (χ0) is 20.1. The van der Waals surface area contributed by atoms with Gasteiger partial charge >= 0.3 is 5.97 Å². The number of rotatable bonds is 5. The number of para-hydroxylation sites is 1. The summed E-state index contributed by atoms with van der Waals surface area (Å²) in [5.41, 5.74) is 3.63. The average Bonchev–Trinajstić information content (AvgIpc) is 3.05. The molecule has 0 aliphatic rings. The zero-order valence-electron chi connectivity index (χ0n) is 14.8. The first-order valence-corrected chi connectivity index (χ1v) is 8.21. The van der Waals surface area contributed by atoms with Crippen LogP contribution in [0.4, 0.5) is 4.39 Å². The molecule has 1 heterocycles. The maximum absolute atomic E-state index is 13.9. The molecule has 1 amide bonds. The number of carbonyl (C=O) groups excluding carboxylic acids is 2. The second kappa shape index (κ2) is 8.14. The minimum Gasteiger partial charge on any atom is -0.468 e. The van der Waals surface area contributed by atoms with Gasteiger partial charge in [0.25, 0.3) is 5.91 Å². The lowest BCUT2D eigenvalue weighted by Crippen LogP contribution is -2.19. The number of carbonyl (C=O) groups is 2. The van der Waals surface area contributed by atoms with E-state index in [2.05, 4.69) is 10.5 Å². The molecule has 0 aliphatic carbocycles. The first-order chi connectivity index (χ1) is 13.5. The molecule has 0 atom stereocenters. The normalized spacial score (nSPS) is 10.8. The number of amides is 1. The molecule has 3 aromatic rings. The van der Waals surface area contributed by atoms with Crippen LogP contribution >= 0.6 is 0 Å². The van der Waals surface area contributed by atoms with E-state index in [-0.39, 0.29) is 17.7 Å². The Hall–Kier alpha value is -3.99. The molecule has 8 heteroatoms. The topological polar surface area (TPSA) is 96.5 Å². The predicted molar refractivity (Wildman–Crippen MR) is 100 cm³/mol. The Bertz CT molecular complexity index is 1130. The summed E-state index contributed by atoms with van der Waals surface area (Å²) >= 11 is 0. The van der Waals surface area contributed by atoms with Crippen LogP contribution in [0.2, 0.25) is 0 Å². The van der Waals surface area contributed by atoms with Crippen LogP contribution in [0.5, 0.6) is 0 Å². The Kier molecular flexibility index (Phi) is 5.46. The first kappa shape index (κ1) is 18.8. The van der Waals surface area contributed by atoms with Crippen LogP contribution in [0.3, 0.4) is 0 Å². The van der Waals surface area contributed by atoms with Crippen LogP contribution in [-0.2, 0) is 16.1 Å². The highest BCUT2D eigenvalue weighted by Gasteiger charge is 2.12. The minimum absolute atomic E-state index is 0.0354. The molecule has 0 bridgehead atoms. The summed E-state index contributed by atoms with van der Waals surface area (Å²) in [6.07, 6.45) is 3.12. The van der Waals surface area contributed by atoms with Gasteiger partial charge < -0.3 is 9.30 Å². The van der Waals surface area contributed by atoms with Gasteiger partial charge in [0.1, 0.15) is 12.4 Å². The molecule has 0 unspecified atom stereocenters. The summed E-state index contributed by atoms with van der Waals surface area (Å²) in [5, 5.41) is 13.5. The molecule has 0 radical (unpaired) electrons. The largest absolute Gasteiger partial charge is 0.468 e. The Morgan fingerprint density at radius 3 is 2.82 bits per heavy atom. The summed E-state index contributed by atoms with van der Waals surface area (Å²) in [4.78, 5) is 23.7. The molecule has 0 spiro atoms. The van der Waals surface area contributed by atoms with E-state index in [4.69, 9.17) is 10.00 Å². The maximum Gasteiger partial charge on any atom is 0.325 e. The highest BCUT2D eigenvalue weighted by molar-refractivity contribution is 6.01. The molecule has 7 nitrogen and oxygen atoms in total. The Labute approximate surface area is 159 Å². The van der Waals surface area contributed by atoms with E-state index in [0.717, 1.165) is 17.0 Å². The van der Waals surface area contributed by atoms with Crippen LogP contribution in [0.25, 0.3) is 10.9 Å². The van der Waals surface area contributed by atoms with Gasteiger partial charge in [0.15, 0.2) is 0 Å².